The molecule has 0 saturated heterocycles. The molecule has 2 N–H and O–H groups in total. The second-order valence-corrected chi connectivity index (χ2v) is 15.2. The third-order valence-electron chi connectivity index (χ3n) is 4.67. The number of hydrogen-bond donors (Lipinski definition) is 2. The van der Waals surface area contributed by atoms with Crippen molar-refractivity contribution in [2.75, 3.05) is 10.6 Å². The van der Waals surface area contributed by atoms with Crippen LogP contribution in [0.15, 0.2) is 109 Å². The van der Waals surface area contributed by atoms with Gasteiger partial charge in [-0.05, 0) is 0 Å². The number of carbonyl (C=O) groups excluding carboxylic acids is 2. The van der Waals surface area contributed by atoms with Crippen LogP contribution in [0.2, 0.25) is 0 Å². The monoisotopic (exact) mass is 568 g/mol. The van der Waals surface area contributed by atoms with E-state index in [1.807, 2.05) is 60.7 Å². The Morgan fingerprint density at radius 2 is 1.03 bits per heavy atom. The SMILES string of the molecule is O=C(Nc1ccccc1)c1ccccc1[Se][Se](=O)c1ccccc1C(=O)Nc1ccccc1. The fourth-order valence-corrected chi connectivity index (χ4v) is 11.5. The molecule has 0 spiro atoms. The normalized spacial score (nSPS) is 11.4. The molecule has 1 unspecified atom stereocenters. The molecule has 0 bridgehead atoms. The third kappa shape index (κ3) is 5.92. The molecule has 164 valence electrons. The third-order valence-corrected chi connectivity index (χ3v) is 13.2. The van der Waals surface area contributed by atoms with Crippen molar-refractivity contribution in [1.29, 1.82) is 0 Å². The van der Waals surface area contributed by atoms with Gasteiger partial charge in [-0.25, -0.2) is 0 Å². The second-order valence-electron chi connectivity index (χ2n) is 6.95. The summed E-state index contributed by atoms with van der Waals surface area (Å²) in [6.07, 6.45) is 0. The summed E-state index contributed by atoms with van der Waals surface area (Å²) in [5, 5.41) is 5.75. The maximum atomic E-state index is 13.4. The Bertz CT molecular complexity index is 1300. The van der Waals surface area contributed by atoms with Crippen LogP contribution in [0, 0.1) is 0 Å². The molecule has 4 aromatic rings. The summed E-state index contributed by atoms with van der Waals surface area (Å²) < 4.78 is 14.7. The van der Waals surface area contributed by atoms with Gasteiger partial charge in [0.15, 0.2) is 0 Å². The summed E-state index contributed by atoms with van der Waals surface area (Å²) in [4.78, 5) is 25.8. The van der Waals surface area contributed by atoms with Crippen molar-refractivity contribution < 1.29 is 13.4 Å². The number of nitrogens with one attached hydrogen (secondary N) is 2. The van der Waals surface area contributed by atoms with Crippen molar-refractivity contribution in [1.82, 2.24) is 0 Å². The summed E-state index contributed by atoms with van der Waals surface area (Å²) in [6, 6.07) is 32.5. The topological polar surface area (TPSA) is 75.3 Å². The number of carbonyl (C=O) groups is 2. The second kappa shape index (κ2) is 11.0. The van der Waals surface area contributed by atoms with Crippen molar-refractivity contribution in [3.8, 4) is 0 Å². The molecule has 7 heteroatoms. The quantitative estimate of drug-likeness (QED) is 0.337. The number of benzene rings is 4. The maximum absolute atomic E-state index is 13.4. The predicted octanol–water partition coefficient (Wildman–Crippen LogP) is 3.35. The minimum atomic E-state index is -2.61. The van der Waals surface area contributed by atoms with Crippen LogP contribution >= 0.6 is 0 Å². The Labute approximate surface area is 201 Å². The minimum absolute atomic E-state index is 0.243. The van der Waals surface area contributed by atoms with E-state index in [4.69, 9.17) is 0 Å². The van der Waals surface area contributed by atoms with E-state index < -0.39 is 25.1 Å². The first-order valence-electron chi connectivity index (χ1n) is 10.1. The van der Waals surface area contributed by atoms with E-state index in [1.165, 1.54) is 0 Å². The Balaban J connectivity index is 1.55. The van der Waals surface area contributed by atoms with Gasteiger partial charge in [0.25, 0.3) is 0 Å². The molecule has 33 heavy (non-hydrogen) atoms. The number of amides is 2. The average molecular weight is 566 g/mol. The van der Waals surface area contributed by atoms with Gasteiger partial charge in [0, 0.05) is 0 Å². The van der Waals surface area contributed by atoms with E-state index in [0.29, 0.717) is 27.0 Å². The van der Waals surface area contributed by atoms with Crippen molar-refractivity contribution in [3.05, 3.63) is 120 Å². The molecule has 0 aliphatic carbocycles. The number of hydrogen-bond acceptors (Lipinski definition) is 3. The van der Waals surface area contributed by atoms with E-state index in [0.717, 1.165) is 4.46 Å². The molecule has 1 atom stereocenters. The molecule has 0 aromatic heterocycles. The molecule has 2 amide bonds. The van der Waals surface area contributed by atoms with Crippen LogP contribution in [0.4, 0.5) is 11.4 Å². The number of anilines is 2. The van der Waals surface area contributed by atoms with E-state index in [9.17, 15) is 13.4 Å². The molecule has 0 heterocycles. The van der Waals surface area contributed by atoms with Gasteiger partial charge in [0.2, 0.25) is 0 Å². The summed E-state index contributed by atoms with van der Waals surface area (Å²) in [7, 11) is 0. The Hall–Kier alpha value is -3.34. The van der Waals surface area contributed by atoms with Gasteiger partial charge in [-0.15, -0.1) is 0 Å². The van der Waals surface area contributed by atoms with Gasteiger partial charge < -0.3 is 0 Å². The summed E-state index contributed by atoms with van der Waals surface area (Å²) in [5.41, 5.74) is 2.27. The molecule has 5 nitrogen and oxygen atoms in total. The molecule has 0 radical (unpaired) electrons. The summed E-state index contributed by atoms with van der Waals surface area (Å²) in [5.74, 6) is -0.542. The average Bonchev–Trinajstić information content (AvgIpc) is 2.85. The van der Waals surface area contributed by atoms with Crippen LogP contribution in [-0.4, -0.2) is 37.0 Å². The number of rotatable bonds is 7. The van der Waals surface area contributed by atoms with Gasteiger partial charge in [0.05, 0.1) is 0 Å². The Morgan fingerprint density at radius 1 is 0.576 bits per heavy atom. The van der Waals surface area contributed by atoms with Crippen LogP contribution in [0.5, 0.6) is 0 Å². The fraction of sp³-hybridized carbons (Fsp3) is 0. The Kier molecular flexibility index (Phi) is 7.61. The first kappa shape index (κ1) is 22.8. The molecule has 0 aliphatic rings. The zero-order chi connectivity index (χ0) is 23.0. The zero-order valence-electron chi connectivity index (χ0n) is 17.4. The first-order valence-corrected chi connectivity index (χ1v) is 16.9. The fourth-order valence-electron chi connectivity index (χ4n) is 3.09. The molecular formula is C26H20N2O3Se2. The molecule has 0 aliphatic heterocycles. The van der Waals surface area contributed by atoms with Gasteiger partial charge in [-0.2, -0.15) is 0 Å². The molecule has 4 rings (SSSR count). The van der Waals surface area contributed by atoms with Crippen LogP contribution in [0.1, 0.15) is 20.7 Å². The van der Waals surface area contributed by atoms with E-state index >= 15 is 0 Å². The van der Waals surface area contributed by atoms with E-state index in [1.54, 1.807) is 48.5 Å². The Morgan fingerprint density at radius 3 is 1.64 bits per heavy atom. The van der Waals surface area contributed by atoms with Crippen molar-refractivity contribution >= 4 is 57.3 Å². The molecule has 4 aromatic carbocycles. The van der Waals surface area contributed by atoms with Gasteiger partial charge in [0.1, 0.15) is 0 Å². The zero-order valence-corrected chi connectivity index (χ0v) is 20.9. The van der Waals surface area contributed by atoms with Crippen LogP contribution in [0.25, 0.3) is 0 Å². The van der Waals surface area contributed by atoms with E-state index in [-0.39, 0.29) is 11.8 Å². The molecule has 0 fully saturated rings. The summed E-state index contributed by atoms with van der Waals surface area (Å²) in [6.45, 7) is 0. The van der Waals surface area contributed by atoms with Gasteiger partial charge >= 0.3 is 202 Å². The van der Waals surface area contributed by atoms with E-state index in [2.05, 4.69) is 10.6 Å². The van der Waals surface area contributed by atoms with Crippen LogP contribution in [-0.2, 0) is 3.83 Å². The molecular weight excluding hydrogens is 546 g/mol. The number of para-hydroxylation sites is 2. The first-order chi connectivity index (χ1) is 16.1. The predicted molar refractivity (Wildman–Crippen MR) is 133 cm³/mol. The molecule has 0 saturated carbocycles. The summed E-state index contributed by atoms with van der Waals surface area (Å²) >= 11 is -3.10. The van der Waals surface area contributed by atoms with Crippen molar-refractivity contribution in [3.63, 3.8) is 0 Å². The standard InChI is InChI=1S/C26H20N2O3Se2/c29-25(27-19-11-3-1-4-12-19)21-15-7-9-17-23(21)32-33(31)24-18-10-8-16-22(24)26(30)28-20-13-5-2-6-14-20/h1-18H,(H,27,29)(H,28,30). The van der Waals surface area contributed by atoms with Gasteiger partial charge in [-0.3, -0.25) is 0 Å². The van der Waals surface area contributed by atoms with Crippen molar-refractivity contribution in [2.45, 2.75) is 0 Å². The van der Waals surface area contributed by atoms with Crippen molar-refractivity contribution in [2.24, 2.45) is 0 Å². The van der Waals surface area contributed by atoms with Crippen LogP contribution < -0.4 is 19.6 Å². The van der Waals surface area contributed by atoms with Crippen LogP contribution in [0.3, 0.4) is 0 Å². The van der Waals surface area contributed by atoms with Gasteiger partial charge in [-0.1, -0.05) is 0 Å².